The SMILES string of the molecule is O=C(Nc1ccc(C(F)(F)F)c(Cl)c1)N1CCc2ccc(F)cc2C1. The minimum atomic E-state index is -4.56. The number of benzene rings is 2. The van der Waals surface area contributed by atoms with Gasteiger partial charge in [-0.2, -0.15) is 13.2 Å². The molecule has 1 heterocycles. The molecule has 1 aliphatic heterocycles. The number of amides is 2. The van der Waals surface area contributed by atoms with Gasteiger partial charge >= 0.3 is 12.2 Å². The van der Waals surface area contributed by atoms with E-state index in [1.807, 2.05) is 0 Å². The molecule has 2 amide bonds. The number of anilines is 1. The molecular formula is C17H13ClF4N2O. The summed E-state index contributed by atoms with van der Waals surface area (Å²) in [6, 6.07) is 6.98. The van der Waals surface area contributed by atoms with Crippen molar-refractivity contribution in [2.45, 2.75) is 19.1 Å². The van der Waals surface area contributed by atoms with Crippen LogP contribution in [0.1, 0.15) is 16.7 Å². The van der Waals surface area contributed by atoms with Gasteiger partial charge in [-0.1, -0.05) is 17.7 Å². The zero-order valence-corrected chi connectivity index (χ0v) is 13.6. The van der Waals surface area contributed by atoms with E-state index in [1.165, 1.54) is 17.0 Å². The summed E-state index contributed by atoms with van der Waals surface area (Å²) >= 11 is 5.64. The van der Waals surface area contributed by atoms with Crippen LogP contribution in [-0.2, 0) is 19.1 Å². The first kappa shape index (κ1) is 17.5. The molecule has 0 aliphatic carbocycles. The Bertz CT molecular complexity index is 823. The van der Waals surface area contributed by atoms with E-state index in [0.717, 1.165) is 23.8 Å². The molecule has 25 heavy (non-hydrogen) atoms. The topological polar surface area (TPSA) is 32.3 Å². The Hall–Kier alpha value is -2.28. The lowest BCUT2D eigenvalue weighted by atomic mass is 10.00. The highest BCUT2D eigenvalue weighted by Gasteiger charge is 2.33. The molecule has 0 atom stereocenters. The van der Waals surface area contributed by atoms with Crippen LogP contribution in [0, 0.1) is 5.82 Å². The zero-order chi connectivity index (χ0) is 18.2. The Balaban J connectivity index is 1.72. The van der Waals surface area contributed by atoms with E-state index in [0.29, 0.717) is 18.5 Å². The Morgan fingerprint density at radius 2 is 1.88 bits per heavy atom. The summed E-state index contributed by atoms with van der Waals surface area (Å²) in [5.41, 5.74) is 0.887. The second-order valence-corrected chi connectivity index (χ2v) is 6.11. The predicted octanol–water partition coefficient (Wildman–Crippen LogP) is 5.09. The van der Waals surface area contributed by atoms with Gasteiger partial charge in [-0.15, -0.1) is 0 Å². The summed E-state index contributed by atoms with van der Waals surface area (Å²) in [7, 11) is 0. The Morgan fingerprint density at radius 1 is 1.12 bits per heavy atom. The highest BCUT2D eigenvalue weighted by atomic mass is 35.5. The third kappa shape index (κ3) is 3.87. The Labute approximate surface area is 146 Å². The second kappa shape index (κ2) is 6.55. The molecule has 0 radical (unpaired) electrons. The highest BCUT2D eigenvalue weighted by Crippen LogP contribution is 2.36. The first-order chi connectivity index (χ1) is 11.7. The number of hydrogen-bond donors (Lipinski definition) is 1. The Morgan fingerprint density at radius 3 is 2.56 bits per heavy atom. The second-order valence-electron chi connectivity index (χ2n) is 5.71. The van der Waals surface area contributed by atoms with Crippen molar-refractivity contribution >= 4 is 23.3 Å². The van der Waals surface area contributed by atoms with Gasteiger partial charge in [0.25, 0.3) is 0 Å². The molecule has 0 unspecified atom stereocenters. The van der Waals surface area contributed by atoms with Gasteiger partial charge in [0, 0.05) is 18.8 Å². The van der Waals surface area contributed by atoms with Crippen LogP contribution in [0.5, 0.6) is 0 Å². The predicted molar refractivity (Wildman–Crippen MR) is 86.0 cm³/mol. The van der Waals surface area contributed by atoms with Crippen molar-refractivity contribution in [3.05, 3.63) is 63.9 Å². The fourth-order valence-electron chi connectivity index (χ4n) is 2.72. The van der Waals surface area contributed by atoms with Crippen molar-refractivity contribution in [1.82, 2.24) is 4.90 Å². The maximum Gasteiger partial charge on any atom is 0.417 e. The number of rotatable bonds is 1. The molecule has 0 aromatic heterocycles. The number of nitrogens with one attached hydrogen (secondary N) is 1. The van der Waals surface area contributed by atoms with Crippen LogP contribution in [0.25, 0.3) is 0 Å². The van der Waals surface area contributed by atoms with Crippen molar-refractivity contribution in [3.63, 3.8) is 0 Å². The largest absolute Gasteiger partial charge is 0.417 e. The fraction of sp³-hybridized carbons (Fsp3) is 0.235. The molecule has 0 saturated carbocycles. The van der Waals surface area contributed by atoms with Gasteiger partial charge in [0.1, 0.15) is 5.82 Å². The van der Waals surface area contributed by atoms with Gasteiger partial charge in [-0.05, 0) is 47.9 Å². The van der Waals surface area contributed by atoms with Crippen LogP contribution >= 0.6 is 11.6 Å². The van der Waals surface area contributed by atoms with Crippen LogP contribution in [0.15, 0.2) is 36.4 Å². The lowest BCUT2D eigenvalue weighted by Crippen LogP contribution is -2.38. The lowest BCUT2D eigenvalue weighted by Gasteiger charge is -2.29. The number of alkyl halides is 3. The van der Waals surface area contributed by atoms with Crippen molar-refractivity contribution in [1.29, 1.82) is 0 Å². The smallest absolute Gasteiger partial charge is 0.320 e. The molecular weight excluding hydrogens is 360 g/mol. The average molecular weight is 373 g/mol. The van der Waals surface area contributed by atoms with Crippen molar-refractivity contribution in [2.24, 2.45) is 0 Å². The van der Waals surface area contributed by atoms with Gasteiger partial charge in [0.2, 0.25) is 0 Å². The summed E-state index contributed by atoms with van der Waals surface area (Å²) in [6.07, 6.45) is -3.98. The van der Waals surface area contributed by atoms with Gasteiger partial charge in [-0.25, -0.2) is 9.18 Å². The van der Waals surface area contributed by atoms with E-state index in [9.17, 15) is 22.4 Å². The van der Waals surface area contributed by atoms with E-state index in [4.69, 9.17) is 11.6 Å². The van der Waals surface area contributed by atoms with Crippen LogP contribution in [-0.4, -0.2) is 17.5 Å². The summed E-state index contributed by atoms with van der Waals surface area (Å²) in [6.45, 7) is 0.659. The molecule has 0 bridgehead atoms. The maximum absolute atomic E-state index is 13.3. The summed E-state index contributed by atoms with van der Waals surface area (Å²) in [4.78, 5) is 13.8. The van der Waals surface area contributed by atoms with E-state index in [-0.39, 0.29) is 18.0 Å². The summed E-state index contributed by atoms with van der Waals surface area (Å²) in [5.74, 6) is -0.379. The molecule has 8 heteroatoms. The summed E-state index contributed by atoms with van der Waals surface area (Å²) < 4.78 is 51.4. The van der Waals surface area contributed by atoms with Crippen LogP contribution < -0.4 is 5.32 Å². The minimum Gasteiger partial charge on any atom is -0.320 e. The third-order valence-electron chi connectivity index (χ3n) is 3.99. The van der Waals surface area contributed by atoms with Crippen molar-refractivity contribution in [3.8, 4) is 0 Å². The fourth-order valence-corrected chi connectivity index (χ4v) is 3.01. The van der Waals surface area contributed by atoms with E-state index in [2.05, 4.69) is 5.32 Å². The highest BCUT2D eigenvalue weighted by molar-refractivity contribution is 6.31. The van der Waals surface area contributed by atoms with E-state index >= 15 is 0 Å². The molecule has 0 fully saturated rings. The average Bonchev–Trinajstić information content (AvgIpc) is 2.52. The van der Waals surface area contributed by atoms with E-state index in [1.54, 1.807) is 6.07 Å². The number of halogens is 5. The number of fused-ring (bicyclic) bond motifs is 1. The molecule has 132 valence electrons. The number of nitrogens with zero attached hydrogens (tertiary/aromatic N) is 1. The van der Waals surface area contributed by atoms with Gasteiger partial charge in [-0.3, -0.25) is 0 Å². The van der Waals surface area contributed by atoms with Gasteiger partial charge < -0.3 is 10.2 Å². The third-order valence-corrected chi connectivity index (χ3v) is 4.31. The van der Waals surface area contributed by atoms with Crippen LogP contribution in [0.3, 0.4) is 0 Å². The monoisotopic (exact) mass is 372 g/mol. The maximum atomic E-state index is 13.3. The molecule has 0 spiro atoms. The van der Waals surface area contributed by atoms with Crippen molar-refractivity contribution < 1.29 is 22.4 Å². The van der Waals surface area contributed by atoms with Crippen LogP contribution in [0.2, 0.25) is 5.02 Å². The lowest BCUT2D eigenvalue weighted by molar-refractivity contribution is -0.137. The molecule has 1 aliphatic rings. The first-order valence-electron chi connectivity index (χ1n) is 7.44. The number of carbonyl (C=O) groups is 1. The Kier molecular flexibility index (Phi) is 4.60. The van der Waals surface area contributed by atoms with Crippen molar-refractivity contribution in [2.75, 3.05) is 11.9 Å². The van der Waals surface area contributed by atoms with E-state index < -0.39 is 22.8 Å². The quantitative estimate of drug-likeness (QED) is 0.695. The zero-order valence-electron chi connectivity index (χ0n) is 12.8. The number of urea groups is 1. The number of carbonyl (C=O) groups excluding carboxylic acids is 1. The minimum absolute atomic E-state index is 0.160. The van der Waals surface area contributed by atoms with Crippen LogP contribution in [0.4, 0.5) is 28.0 Å². The van der Waals surface area contributed by atoms with Gasteiger partial charge in [0.15, 0.2) is 0 Å². The molecule has 2 aromatic carbocycles. The standard InChI is InChI=1S/C17H13ClF4N2O/c18-15-8-13(3-4-14(15)17(20,21)22)23-16(25)24-6-5-10-1-2-12(19)7-11(10)9-24/h1-4,7-8H,5-6,9H2,(H,23,25). The number of hydrogen-bond acceptors (Lipinski definition) is 1. The summed E-state index contributed by atoms with van der Waals surface area (Å²) in [5, 5.41) is 2.03. The molecule has 2 aromatic rings. The molecule has 1 N–H and O–H groups in total. The molecule has 3 rings (SSSR count). The first-order valence-corrected chi connectivity index (χ1v) is 7.82. The normalized spacial score (nSPS) is 14.2. The molecule has 3 nitrogen and oxygen atoms in total. The molecule has 0 saturated heterocycles. The van der Waals surface area contributed by atoms with Gasteiger partial charge in [0.05, 0.1) is 10.6 Å².